The fourth-order valence-electron chi connectivity index (χ4n) is 0.574. The average molecular weight is 239 g/mol. The van der Waals surface area contributed by atoms with Gasteiger partial charge in [0.05, 0.1) is 6.54 Å². The van der Waals surface area contributed by atoms with Crippen molar-refractivity contribution < 1.29 is 33.6 Å². The summed E-state index contributed by atoms with van der Waals surface area (Å²) < 4.78 is 35.7. The van der Waals surface area contributed by atoms with Crippen LogP contribution >= 0.6 is 0 Å². The van der Waals surface area contributed by atoms with E-state index in [4.69, 9.17) is 24.2 Å². The van der Waals surface area contributed by atoms with E-state index in [9.17, 15) is 0 Å². The predicted octanol–water partition coefficient (Wildman–Crippen LogP) is -4.75. The SMILES string of the molecule is [N-]=[N+]=NCC[n+]1cnc[nH]1.[O-][Cl+3]([O-])([O-])[O-]. The standard InChI is InChI=1S/C4H6N6.ClHO4/c5-9-7-1-2-10-4-6-3-8-10;2-1(3,4)5/h3-4H,1-2H2;(H,2,3,4,5). The van der Waals surface area contributed by atoms with Crippen LogP contribution in [0, 0.1) is 10.2 Å². The highest BCUT2D eigenvalue weighted by atomic mass is 35.7. The predicted molar refractivity (Wildman–Crippen MR) is 32.8 cm³/mol. The monoisotopic (exact) mass is 238 g/mol. The van der Waals surface area contributed by atoms with Crippen LogP contribution in [0.25, 0.3) is 10.4 Å². The molecule has 0 aliphatic heterocycles. The molecule has 0 aliphatic rings. The van der Waals surface area contributed by atoms with Crippen LogP contribution in [-0.4, -0.2) is 16.6 Å². The van der Waals surface area contributed by atoms with Crippen LogP contribution in [0.4, 0.5) is 0 Å². The molecular weight excluding hydrogens is 232 g/mol. The van der Waals surface area contributed by atoms with Gasteiger partial charge < -0.3 is 0 Å². The molecule has 10 nitrogen and oxygen atoms in total. The molecule has 0 aliphatic carbocycles. The molecule has 1 aromatic heterocycles. The normalized spacial score (nSPS) is 9.87. The first-order valence-electron chi connectivity index (χ1n) is 3.44. The van der Waals surface area contributed by atoms with Crippen LogP contribution in [0.2, 0.25) is 0 Å². The summed E-state index contributed by atoms with van der Waals surface area (Å²) in [6, 6.07) is 0. The lowest BCUT2D eigenvalue weighted by Gasteiger charge is -2.17. The van der Waals surface area contributed by atoms with Gasteiger partial charge in [-0.3, -0.25) is 0 Å². The van der Waals surface area contributed by atoms with Gasteiger partial charge in [0.2, 0.25) is 6.33 Å². The van der Waals surface area contributed by atoms with Crippen molar-refractivity contribution in [2.45, 2.75) is 6.54 Å². The summed E-state index contributed by atoms with van der Waals surface area (Å²) in [5, 5.41) is 6.18. The molecule has 15 heavy (non-hydrogen) atoms. The number of hydrogen-bond acceptors (Lipinski definition) is 6. The quantitative estimate of drug-likeness (QED) is 0.240. The first-order valence-corrected chi connectivity index (χ1v) is 4.67. The van der Waals surface area contributed by atoms with Crippen molar-refractivity contribution in [1.82, 2.24) is 10.1 Å². The van der Waals surface area contributed by atoms with Crippen LogP contribution < -0.4 is 23.3 Å². The highest BCUT2D eigenvalue weighted by molar-refractivity contribution is 4.41. The van der Waals surface area contributed by atoms with Crippen molar-refractivity contribution in [2.24, 2.45) is 5.11 Å². The van der Waals surface area contributed by atoms with Crippen molar-refractivity contribution >= 4 is 0 Å². The van der Waals surface area contributed by atoms with E-state index in [1.54, 1.807) is 17.3 Å². The van der Waals surface area contributed by atoms with Gasteiger partial charge in [-0.1, -0.05) is 5.11 Å². The van der Waals surface area contributed by atoms with E-state index in [1.807, 2.05) is 0 Å². The molecule has 0 fully saturated rings. The van der Waals surface area contributed by atoms with Gasteiger partial charge in [-0.05, 0) is 10.5 Å². The summed E-state index contributed by atoms with van der Waals surface area (Å²) in [6.07, 6.45) is 3.20. The third-order valence-electron chi connectivity index (χ3n) is 1.01. The molecule has 0 bridgehead atoms. The molecule has 0 atom stereocenters. The Morgan fingerprint density at radius 1 is 1.47 bits per heavy atom. The van der Waals surface area contributed by atoms with Crippen LogP contribution in [-0.2, 0) is 6.54 Å². The molecule has 0 aromatic carbocycles. The van der Waals surface area contributed by atoms with Gasteiger partial charge in [0.15, 0.2) is 0 Å². The van der Waals surface area contributed by atoms with Gasteiger partial charge in [0.25, 0.3) is 0 Å². The van der Waals surface area contributed by atoms with Gasteiger partial charge in [-0.25, -0.2) is 18.6 Å². The average Bonchev–Trinajstić information content (AvgIpc) is 2.54. The van der Waals surface area contributed by atoms with Gasteiger partial charge in [-0.2, -0.15) is 9.78 Å². The highest BCUT2D eigenvalue weighted by Crippen LogP contribution is 1.70. The Bertz CT molecular complexity index is 297. The number of rotatable bonds is 3. The summed E-state index contributed by atoms with van der Waals surface area (Å²) in [5.74, 6) is 0. The smallest absolute Gasteiger partial charge is 0.222 e. The molecule has 1 heterocycles. The summed E-state index contributed by atoms with van der Waals surface area (Å²) in [7, 11) is -4.94. The topological polar surface area (TPSA) is 174 Å². The number of nitrogens with one attached hydrogen (secondary N) is 1. The Morgan fingerprint density at radius 2 is 2.07 bits per heavy atom. The van der Waals surface area contributed by atoms with E-state index in [-0.39, 0.29) is 0 Å². The second-order valence-electron chi connectivity index (χ2n) is 2.05. The van der Waals surface area contributed by atoms with Gasteiger partial charge in [0, 0.05) is 4.91 Å². The van der Waals surface area contributed by atoms with E-state index in [0.717, 1.165) is 0 Å². The molecule has 0 radical (unpaired) electrons. The number of hydrogen-bond donors (Lipinski definition) is 1. The molecule has 0 amide bonds. The maximum Gasteiger partial charge on any atom is 0.306 e. The first kappa shape index (κ1) is 13.6. The zero-order valence-electron chi connectivity index (χ0n) is 7.32. The lowest BCUT2D eigenvalue weighted by Crippen LogP contribution is -2.68. The van der Waals surface area contributed by atoms with Crippen LogP contribution in [0.3, 0.4) is 0 Å². The van der Waals surface area contributed by atoms with E-state index in [0.29, 0.717) is 13.1 Å². The second kappa shape index (κ2) is 6.95. The third-order valence-corrected chi connectivity index (χ3v) is 1.01. The van der Waals surface area contributed by atoms with E-state index in [2.05, 4.69) is 20.1 Å². The molecule has 1 N–H and O–H groups in total. The summed E-state index contributed by atoms with van der Waals surface area (Å²) >= 11 is 0. The maximum absolute atomic E-state index is 8.49. The molecule has 0 saturated heterocycles. The molecule has 0 spiro atoms. The highest BCUT2D eigenvalue weighted by Gasteiger charge is 1.94. The maximum atomic E-state index is 8.49. The molecule has 84 valence electrons. The number of H-pyrrole nitrogens is 1. The Kier molecular flexibility index (Phi) is 6.29. The van der Waals surface area contributed by atoms with Crippen LogP contribution in [0.5, 0.6) is 0 Å². The van der Waals surface area contributed by atoms with Gasteiger partial charge in [0.1, 0.15) is 6.54 Å². The second-order valence-corrected chi connectivity index (χ2v) is 2.80. The minimum absolute atomic E-state index is 0.448. The number of aromatic amines is 1. The summed E-state index contributed by atoms with van der Waals surface area (Å²) in [5.41, 5.74) is 7.92. The molecule has 11 heteroatoms. The third kappa shape index (κ3) is 12.6. The minimum Gasteiger partial charge on any atom is -0.222 e. The Labute approximate surface area is 85.8 Å². The molecule has 1 rings (SSSR count). The summed E-state index contributed by atoms with van der Waals surface area (Å²) in [4.78, 5) is 6.39. The lowest BCUT2D eigenvalue weighted by molar-refractivity contribution is -2.00. The van der Waals surface area contributed by atoms with Crippen LogP contribution in [0.1, 0.15) is 0 Å². The van der Waals surface area contributed by atoms with Gasteiger partial charge in [-0.15, -0.1) is 10.2 Å². The van der Waals surface area contributed by atoms with Gasteiger partial charge >= 0.3 is 6.33 Å². The molecule has 0 saturated carbocycles. The lowest BCUT2D eigenvalue weighted by atomic mass is 10.7. The number of halogens is 1. The molecule has 1 aromatic rings. The van der Waals surface area contributed by atoms with E-state index < -0.39 is 10.2 Å². The minimum atomic E-state index is -4.94. The summed E-state index contributed by atoms with van der Waals surface area (Å²) in [6.45, 7) is 1.09. The van der Waals surface area contributed by atoms with Crippen molar-refractivity contribution in [2.75, 3.05) is 6.54 Å². The largest absolute Gasteiger partial charge is 0.306 e. The zero-order chi connectivity index (χ0) is 11.7. The molecular formula is C4H7ClN6O4. The zero-order valence-corrected chi connectivity index (χ0v) is 8.07. The first-order chi connectivity index (χ1) is 6.93. The number of azide groups is 1. The van der Waals surface area contributed by atoms with E-state index in [1.165, 1.54) is 0 Å². The Balaban J connectivity index is 0.000000336. The fourth-order valence-corrected chi connectivity index (χ4v) is 0.574. The van der Waals surface area contributed by atoms with Crippen molar-refractivity contribution in [3.05, 3.63) is 23.1 Å². The van der Waals surface area contributed by atoms with E-state index >= 15 is 0 Å². The number of nitrogens with zero attached hydrogens (tertiary/aromatic N) is 5. The van der Waals surface area contributed by atoms with Crippen molar-refractivity contribution in [3.63, 3.8) is 0 Å². The Morgan fingerprint density at radius 3 is 2.47 bits per heavy atom. The van der Waals surface area contributed by atoms with Crippen molar-refractivity contribution in [1.29, 1.82) is 0 Å². The molecule has 0 unspecified atom stereocenters. The van der Waals surface area contributed by atoms with Crippen LogP contribution in [0.15, 0.2) is 17.8 Å². The number of aromatic nitrogens is 3. The Hall–Kier alpha value is -1.42. The fraction of sp³-hybridized carbons (Fsp3) is 0.500. The van der Waals surface area contributed by atoms with Crippen molar-refractivity contribution in [3.8, 4) is 0 Å².